The highest BCUT2D eigenvalue weighted by atomic mass is 19.4. The van der Waals surface area contributed by atoms with E-state index in [-0.39, 0.29) is 85.2 Å². The highest BCUT2D eigenvalue weighted by Crippen LogP contribution is 2.50. The van der Waals surface area contributed by atoms with Crippen LogP contribution < -0.4 is 28.7 Å². The molecule has 6 atom stereocenters. The number of aryl methyl sites for hydroxylation is 1. The van der Waals surface area contributed by atoms with Crippen LogP contribution >= 0.6 is 0 Å². The standard InChI is InChI=1S/C52H59F5N8O6/c1-28-38(40(52(55,56)57)29(2)58-45(28)62(23-31-10-15-35(67-7)16-11-31)24-32-12-17-36(68-8)18-13-32)42-41(54)43-39-46(61-48(60-43)69-27-51-20-9-21-63(51)25-33(53)22-51)64-26-34-14-19-37(44(64)30(3)70-47(39)59-42)65(34)49(66)71-50(4,5)6/h10-13,15-18,30,33-34,37,44H,9,14,19-27H2,1-8H3/t30-,33+,34+,37-,44+,51-/m0/s1. The third-order valence-corrected chi connectivity index (χ3v) is 14.8. The molecule has 4 saturated heterocycles. The molecule has 5 aliphatic heterocycles. The molecule has 3 aromatic heterocycles. The molecule has 4 fully saturated rings. The maximum absolute atomic E-state index is 18.2. The highest BCUT2D eigenvalue weighted by molar-refractivity contribution is 5.98. The summed E-state index contributed by atoms with van der Waals surface area (Å²) in [6, 6.07) is 13.1. The number of amides is 1. The molecular weight excluding hydrogens is 928 g/mol. The van der Waals surface area contributed by atoms with Crippen molar-refractivity contribution in [3.8, 4) is 34.6 Å². The minimum atomic E-state index is -5.02. The second kappa shape index (κ2) is 18.1. The second-order valence-electron chi connectivity index (χ2n) is 20.6. The number of carbonyl (C=O) groups is 1. The molecule has 0 unspecified atom stereocenters. The van der Waals surface area contributed by atoms with Crippen LogP contribution in [0.25, 0.3) is 22.2 Å². The first kappa shape index (κ1) is 48.4. The lowest BCUT2D eigenvalue weighted by atomic mass is 9.95. The van der Waals surface area contributed by atoms with E-state index in [9.17, 15) is 9.18 Å². The summed E-state index contributed by atoms with van der Waals surface area (Å²) in [6.07, 6.45) is -4.27. The molecule has 10 rings (SSSR count). The molecule has 0 radical (unpaired) electrons. The molecule has 2 bridgehead atoms. The van der Waals surface area contributed by atoms with Crippen LogP contribution in [0.3, 0.4) is 0 Å². The second-order valence-corrected chi connectivity index (χ2v) is 20.6. The molecule has 0 spiro atoms. The summed E-state index contributed by atoms with van der Waals surface area (Å²) < 4.78 is 110. The Hall–Kier alpha value is -6.24. The topological polar surface area (TPSA) is 128 Å². The predicted molar refractivity (Wildman–Crippen MR) is 256 cm³/mol. The number of hydrogen-bond donors (Lipinski definition) is 0. The lowest BCUT2D eigenvalue weighted by molar-refractivity contribution is -0.137. The quantitative estimate of drug-likeness (QED) is 0.117. The van der Waals surface area contributed by atoms with Gasteiger partial charge in [0, 0.05) is 43.7 Å². The number of piperazine rings is 1. The molecule has 14 nitrogen and oxygen atoms in total. The van der Waals surface area contributed by atoms with Crippen LogP contribution in [0.15, 0.2) is 48.5 Å². The minimum Gasteiger partial charge on any atom is -0.497 e. The van der Waals surface area contributed by atoms with Crippen molar-refractivity contribution in [3.63, 3.8) is 0 Å². The number of benzene rings is 2. The molecule has 2 aromatic carbocycles. The zero-order valence-corrected chi connectivity index (χ0v) is 41.2. The first-order chi connectivity index (χ1) is 33.8. The molecule has 0 saturated carbocycles. The van der Waals surface area contributed by atoms with Crippen molar-refractivity contribution < 1.29 is 50.4 Å². The molecule has 0 N–H and O–H groups in total. The summed E-state index contributed by atoms with van der Waals surface area (Å²) in [7, 11) is 3.12. The van der Waals surface area contributed by atoms with Gasteiger partial charge in [-0.15, -0.1) is 0 Å². The number of carbonyl (C=O) groups excluding carboxylic acids is 1. The number of methoxy groups -OCH3 is 2. The molecule has 19 heteroatoms. The Balaban J connectivity index is 1.15. The summed E-state index contributed by atoms with van der Waals surface area (Å²) in [5, 5.41) is 0.0567. The smallest absolute Gasteiger partial charge is 0.418 e. The first-order valence-corrected chi connectivity index (χ1v) is 24.2. The molecule has 5 aromatic rings. The Morgan fingerprint density at radius 1 is 0.915 bits per heavy atom. The van der Waals surface area contributed by atoms with Crippen molar-refractivity contribution in [1.82, 2.24) is 29.7 Å². The lowest BCUT2D eigenvalue weighted by Crippen LogP contribution is -2.65. The number of nitrogens with zero attached hydrogens (tertiary/aromatic N) is 8. The van der Waals surface area contributed by atoms with Gasteiger partial charge in [-0.2, -0.15) is 23.1 Å². The average molecular weight is 987 g/mol. The number of hydrogen-bond acceptors (Lipinski definition) is 13. The number of halogens is 5. The SMILES string of the molecule is COc1ccc(CN(Cc2ccc(OC)cc2)c2nc(C)c(C(F)(F)F)c(-c3nc4c5c(nc(OC[C@@]67CCCN6C[C@H](F)C7)nc5c3F)N3C[C@H]5CC[C@@H]([C@H]3[C@H](C)O4)N5C(=O)OC(C)(C)C)c2C)cc1. The van der Waals surface area contributed by atoms with E-state index in [1.165, 1.54) is 13.8 Å². The molecular formula is C52H59F5N8O6. The number of anilines is 2. The highest BCUT2D eigenvalue weighted by Gasteiger charge is 2.55. The van der Waals surface area contributed by atoms with Crippen molar-refractivity contribution in [2.45, 2.75) is 134 Å². The van der Waals surface area contributed by atoms with Gasteiger partial charge in [0.2, 0.25) is 5.88 Å². The van der Waals surface area contributed by atoms with Gasteiger partial charge in [-0.05, 0) is 109 Å². The molecule has 71 heavy (non-hydrogen) atoms. The van der Waals surface area contributed by atoms with Gasteiger partial charge in [-0.1, -0.05) is 24.3 Å². The summed E-state index contributed by atoms with van der Waals surface area (Å²) >= 11 is 0. The molecule has 1 amide bonds. The van der Waals surface area contributed by atoms with Crippen molar-refractivity contribution in [2.24, 2.45) is 0 Å². The maximum Gasteiger partial charge on any atom is 0.418 e. The molecule has 0 aliphatic carbocycles. The minimum absolute atomic E-state index is 0.0143. The third-order valence-electron chi connectivity index (χ3n) is 14.8. The van der Waals surface area contributed by atoms with E-state index in [0.29, 0.717) is 37.3 Å². The van der Waals surface area contributed by atoms with E-state index in [1.807, 2.05) is 34.1 Å². The number of ether oxygens (including phenoxy) is 5. The molecule has 5 aliphatic rings. The Morgan fingerprint density at radius 3 is 2.20 bits per heavy atom. The first-order valence-electron chi connectivity index (χ1n) is 24.2. The van der Waals surface area contributed by atoms with Gasteiger partial charge in [0.25, 0.3) is 0 Å². The fourth-order valence-corrected chi connectivity index (χ4v) is 11.7. The lowest BCUT2D eigenvalue weighted by Gasteiger charge is -2.48. The summed E-state index contributed by atoms with van der Waals surface area (Å²) in [6.45, 7) is 11.6. The van der Waals surface area contributed by atoms with Crippen LogP contribution in [0, 0.1) is 19.7 Å². The van der Waals surface area contributed by atoms with Crippen LogP contribution in [-0.2, 0) is 24.0 Å². The Morgan fingerprint density at radius 2 is 1.58 bits per heavy atom. The van der Waals surface area contributed by atoms with Crippen LogP contribution in [0.5, 0.6) is 23.4 Å². The normalized spacial score (nSPS) is 23.8. The fourth-order valence-electron chi connectivity index (χ4n) is 11.7. The van der Waals surface area contributed by atoms with Crippen LogP contribution in [-0.4, -0.2) is 118 Å². The van der Waals surface area contributed by atoms with E-state index in [0.717, 1.165) is 17.5 Å². The largest absolute Gasteiger partial charge is 0.497 e. The molecule has 378 valence electrons. The Bertz CT molecular complexity index is 2800. The third kappa shape index (κ3) is 8.85. The number of pyridine rings is 2. The van der Waals surface area contributed by atoms with Crippen LogP contribution in [0.2, 0.25) is 0 Å². The van der Waals surface area contributed by atoms with Gasteiger partial charge in [0.15, 0.2) is 5.82 Å². The van der Waals surface area contributed by atoms with Crippen LogP contribution in [0.1, 0.15) is 87.7 Å². The number of rotatable bonds is 11. The van der Waals surface area contributed by atoms with Gasteiger partial charge in [0.1, 0.15) is 64.2 Å². The summed E-state index contributed by atoms with van der Waals surface area (Å²) in [5.74, 6) is 0.326. The molecule has 8 heterocycles. The summed E-state index contributed by atoms with van der Waals surface area (Å²) in [5.41, 5.74) is -2.84. The Kier molecular flexibility index (Phi) is 12.3. The summed E-state index contributed by atoms with van der Waals surface area (Å²) in [4.78, 5) is 40.5. The zero-order valence-electron chi connectivity index (χ0n) is 41.2. The monoisotopic (exact) mass is 986 g/mol. The average Bonchev–Trinajstić information content (AvgIpc) is 3.93. The predicted octanol–water partition coefficient (Wildman–Crippen LogP) is 9.78. The van der Waals surface area contributed by atoms with E-state index < -0.39 is 76.1 Å². The van der Waals surface area contributed by atoms with Gasteiger partial charge in [0.05, 0.1) is 49.1 Å². The zero-order chi connectivity index (χ0) is 50.3. The maximum atomic E-state index is 18.2. The van der Waals surface area contributed by atoms with Gasteiger partial charge >= 0.3 is 18.3 Å². The van der Waals surface area contributed by atoms with E-state index in [2.05, 4.69) is 14.9 Å². The van der Waals surface area contributed by atoms with Crippen molar-refractivity contribution >= 4 is 28.6 Å². The number of fused-ring (bicyclic) bond motifs is 6. The number of aromatic nitrogens is 4. The van der Waals surface area contributed by atoms with Gasteiger partial charge in [-0.3, -0.25) is 9.80 Å². The van der Waals surface area contributed by atoms with Crippen molar-refractivity contribution in [2.75, 3.05) is 50.3 Å². The van der Waals surface area contributed by atoms with E-state index in [1.54, 1.807) is 71.1 Å². The van der Waals surface area contributed by atoms with Crippen LogP contribution in [0.4, 0.5) is 38.4 Å². The number of alkyl halides is 4. The van der Waals surface area contributed by atoms with E-state index in [4.69, 9.17) is 33.7 Å². The van der Waals surface area contributed by atoms with Crippen molar-refractivity contribution in [3.05, 3.63) is 82.3 Å². The fraction of sp³-hybridized carbons (Fsp3) is 0.519. The van der Waals surface area contributed by atoms with Crippen molar-refractivity contribution in [1.29, 1.82) is 0 Å². The van der Waals surface area contributed by atoms with Gasteiger partial charge in [-0.25, -0.2) is 23.5 Å². The van der Waals surface area contributed by atoms with Gasteiger partial charge < -0.3 is 33.5 Å². The van der Waals surface area contributed by atoms with E-state index >= 15 is 17.6 Å². The Labute approximate surface area is 409 Å².